The maximum absolute atomic E-state index is 11.9. The first kappa shape index (κ1) is 14.5. The zero-order valence-corrected chi connectivity index (χ0v) is 11.1. The third-order valence-corrected chi connectivity index (χ3v) is 3.65. The van der Waals surface area contributed by atoms with Crippen LogP contribution < -0.4 is 0 Å². The zero-order valence-electron chi connectivity index (χ0n) is 11.1. The van der Waals surface area contributed by atoms with Gasteiger partial charge in [-0.15, -0.1) is 0 Å². The van der Waals surface area contributed by atoms with Crippen LogP contribution in [0.5, 0.6) is 0 Å². The van der Waals surface area contributed by atoms with Crippen molar-refractivity contribution < 1.29 is 19.5 Å². The first-order chi connectivity index (χ1) is 8.26. The van der Waals surface area contributed by atoms with Gasteiger partial charge in [0.2, 0.25) is 11.8 Å². The second-order valence-electron chi connectivity index (χ2n) is 5.12. The van der Waals surface area contributed by atoms with Gasteiger partial charge in [0.05, 0.1) is 12.0 Å². The Kier molecular flexibility index (Phi) is 4.32. The predicted molar refractivity (Wildman–Crippen MR) is 64.9 cm³/mol. The number of nitrogens with zero attached hydrogens (tertiary/aromatic N) is 2. The van der Waals surface area contributed by atoms with Gasteiger partial charge in [-0.1, -0.05) is 0 Å². The lowest BCUT2D eigenvalue weighted by Gasteiger charge is -2.37. The third-order valence-electron chi connectivity index (χ3n) is 3.65. The molecule has 0 atom stereocenters. The number of hydrogen-bond acceptors (Lipinski definition) is 3. The van der Waals surface area contributed by atoms with Gasteiger partial charge in [0.15, 0.2) is 0 Å². The fourth-order valence-electron chi connectivity index (χ4n) is 1.88. The summed E-state index contributed by atoms with van der Waals surface area (Å²) < 4.78 is 0. The van der Waals surface area contributed by atoms with E-state index >= 15 is 0 Å². The molecule has 0 aliphatic carbocycles. The van der Waals surface area contributed by atoms with Crippen LogP contribution in [0.1, 0.15) is 26.7 Å². The topological polar surface area (TPSA) is 77.9 Å². The first-order valence-corrected chi connectivity index (χ1v) is 5.99. The van der Waals surface area contributed by atoms with Crippen LogP contribution in [-0.2, 0) is 14.4 Å². The number of carboxylic acid groups (broad SMARTS) is 1. The monoisotopic (exact) mass is 256 g/mol. The number of rotatable bonds is 3. The Hall–Kier alpha value is -1.59. The van der Waals surface area contributed by atoms with E-state index in [-0.39, 0.29) is 18.4 Å². The van der Waals surface area contributed by atoms with Crippen LogP contribution in [0.4, 0.5) is 0 Å². The van der Waals surface area contributed by atoms with E-state index in [1.54, 1.807) is 18.9 Å². The van der Waals surface area contributed by atoms with Crippen molar-refractivity contribution >= 4 is 17.8 Å². The number of carbonyl (C=O) groups excluding carboxylic acids is 2. The summed E-state index contributed by atoms with van der Waals surface area (Å²) in [4.78, 5) is 37.0. The Morgan fingerprint density at radius 3 is 2.17 bits per heavy atom. The van der Waals surface area contributed by atoms with Gasteiger partial charge in [0.25, 0.3) is 0 Å². The number of aliphatic carboxylic acids is 1. The van der Waals surface area contributed by atoms with Crippen molar-refractivity contribution in [2.24, 2.45) is 5.41 Å². The molecule has 18 heavy (non-hydrogen) atoms. The number of carbonyl (C=O) groups is 3. The molecule has 6 heteroatoms. The SMILES string of the molecule is CC(=O)N(C)CC(=O)N1CCC(C)(C(=O)O)CC1. The lowest BCUT2D eigenvalue weighted by molar-refractivity contribution is -0.153. The molecule has 0 aromatic heterocycles. The van der Waals surface area contributed by atoms with Gasteiger partial charge in [-0.25, -0.2) is 0 Å². The van der Waals surface area contributed by atoms with E-state index in [1.165, 1.54) is 11.8 Å². The molecule has 0 bridgehead atoms. The molecule has 0 aromatic carbocycles. The van der Waals surface area contributed by atoms with Crippen molar-refractivity contribution in [2.45, 2.75) is 26.7 Å². The number of amides is 2. The molecule has 0 radical (unpaired) electrons. The van der Waals surface area contributed by atoms with Gasteiger partial charge in [-0.3, -0.25) is 14.4 Å². The summed E-state index contributed by atoms with van der Waals surface area (Å²) in [5.74, 6) is -1.09. The van der Waals surface area contributed by atoms with Crippen molar-refractivity contribution in [2.75, 3.05) is 26.7 Å². The summed E-state index contributed by atoms with van der Waals surface area (Å²) in [5.41, 5.74) is -0.733. The normalized spacial score (nSPS) is 18.3. The Balaban J connectivity index is 2.50. The Bertz CT molecular complexity index is 359. The molecular weight excluding hydrogens is 236 g/mol. The van der Waals surface area contributed by atoms with Crippen LogP contribution in [0.15, 0.2) is 0 Å². The molecule has 6 nitrogen and oxygen atoms in total. The molecule has 1 aliphatic rings. The highest BCUT2D eigenvalue weighted by Crippen LogP contribution is 2.30. The number of hydrogen-bond donors (Lipinski definition) is 1. The highest BCUT2D eigenvalue weighted by molar-refractivity contribution is 5.84. The highest BCUT2D eigenvalue weighted by atomic mass is 16.4. The summed E-state index contributed by atoms with van der Waals surface area (Å²) in [6, 6.07) is 0. The second-order valence-corrected chi connectivity index (χ2v) is 5.12. The van der Waals surface area contributed by atoms with Crippen LogP contribution >= 0.6 is 0 Å². The van der Waals surface area contributed by atoms with Gasteiger partial charge in [-0.05, 0) is 19.8 Å². The van der Waals surface area contributed by atoms with Crippen LogP contribution in [0, 0.1) is 5.41 Å². The smallest absolute Gasteiger partial charge is 0.309 e. The quantitative estimate of drug-likeness (QED) is 0.781. The predicted octanol–water partition coefficient (Wildman–Crippen LogP) is 0.178. The minimum atomic E-state index is -0.810. The van der Waals surface area contributed by atoms with Gasteiger partial charge in [-0.2, -0.15) is 0 Å². The molecule has 0 saturated carbocycles. The maximum Gasteiger partial charge on any atom is 0.309 e. The van der Waals surface area contributed by atoms with E-state index in [2.05, 4.69) is 0 Å². The Labute approximate surface area is 107 Å². The largest absolute Gasteiger partial charge is 0.481 e. The van der Waals surface area contributed by atoms with Crippen molar-refractivity contribution in [3.05, 3.63) is 0 Å². The summed E-state index contributed by atoms with van der Waals surface area (Å²) in [5, 5.41) is 9.08. The number of carboxylic acids is 1. The van der Waals surface area contributed by atoms with E-state index in [4.69, 9.17) is 5.11 Å². The fourth-order valence-corrected chi connectivity index (χ4v) is 1.88. The summed E-state index contributed by atoms with van der Waals surface area (Å²) in [6.45, 7) is 4.05. The lowest BCUT2D eigenvalue weighted by atomic mass is 9.80. The summed E-state index contributed by atoms with van der Waals surface area (Å²) in [7, 11) is 1.57. The third kappa shape index (κ3) is 3.21. The molecule has 0 spiro atoms. The average molecular weight is 256 g/mol. The van der Waals surface area contributed by atoms with Crippen molar-refractivity contribution in [1.29, 1.82) is 0 Å². The number of likely N-dealkylation sites (N-methyl/N-ethyl adjacent to an activating group) is 1. The van der Waals surface area contributed by atoms with Gasteiger partial charge >= 0.3 is 5.97 Å². The van der Waals surface area contributed by atoms with E-state index < -0.39 is 11.4 Å². The maximum atomic E-state index is 11.9. The molecule has 2 amide bonds. The van der Waals surface area contributed by atoms with Gasteiger partial charge in [0, 0.05) is 27.1 Å². The summed E-state index contributed by atoms with van der Waals surface area (Å²) in [6.07, 6.45) is 0.912. The Morgan fingerprint density at radius 2 is 1.78 bits per heavy atom. The average Bonchev–Trinajstić information content (AvgIpc) is 2.29. The van der Waals surface area contributed by atoms with Gasteiger partial charge < -0.3 is 14.9 Å². The van der Waals surface area contributed by atoms with Crippen molar-refractivity contribution in [3.8, 4) is 0 Å². The molecule has 1 N–H and O–H groups in total. The Morgan fingerprint density at radius 1 is 1.28 bits per heavy atom. The molecule has 1 heterocycles. The first-order valence-electron chi connectivity index (χ1n) is 5.99. The molecule has 102 valence electrons. The fraction of sp³-hybridized carbons (Fsp3) is 0.750. The molecule has 1 aliphatic heterocycles. The van der Waals surface area contributed by atoms with E-state index in [0.29, 0.717) is 25.9 Å². The highest BCUT2D eigenvalue weighted by Gasteiger charge is 2.38. The standard InChI is InChI=1S/C12H20N2O4/c1-9(15)13(3)8-10(16)14-6-4-12(2,5-7-14)11(17)18/h4-8H2,1-3H3,(H,17,18). The zero-order chi connectivity index (χ0) is 13.9. The van der Waals surface area contributed by atoms with Crippen LogP contribution in [0.25, 0.3) is 0 Å². The summed E-state index contributed by atoms with van der Waals surface area (Å²) >= 11 is 0. The molecule has 0 unspecified atom stereocenters. The minimum absolute atomic E-state index is 0.0547. The molecule has 1 saturated heterocycles. The molecule has 0 aromatic rings. The molecular formula is C12H20N2O4. The van der Waals surface area contributed by atoms with Crippen LogP contribution in [0.3, 0.4) is 0 Å². The minimum Gasteiger partial charge on any atom is -0.481 e. The van der Waals surface area contributed by atoms with E-state index in [1.807, 2.05) is 0 Å². The van der Waals surface area contributed by atoms with Gasteiger partial charge in [0.1, 0.15) is 0 Å². The number of likely N-dealkylation sites (tertiary alicyclic amines) is 1. The molecule has 1 fully saturated rings. The van der Waals surface area contributed by atoms with E-state index in [9.17, 15) is 14.4 Å². The van der Waals surface area contributed by atoms with Crippen LogP contribution in [0.2, 0.25) is 0 Å². The van der Waals surface area contributed by atoms with Crippen LogP contribution in [-0.4, -0.2) is 59.4 Å². The second kappa shape index (κ2) is 5.37. The van der Waals surface area contributed by atoms with E-state index in [0.717, 1.165) is 0 Å². The van der Waals surface area contributed by atoms with Crippen molar-refractivity contribution in [3.63, 3.8) is 0 Å². The van der Waals surface area contributed by atoms with Crippen molar-refractivity contribution in [1.82, 2.24) is 9.80 Å². The molecule has 1 rings (SSSR count). The number of piperidine rings is 1. The lowest BCUT2D eigenvalue weighted by Crippen LogP contribution is -2.48.